The maximum Gasteiger partial charge on any atom is 0.248 e. The highest BCUT2D eigenvalue weighted by Crippen LogP contribution is 2.19. The summed E-state index contributed by atoms with van der Waals surface area (Å²) in [6, 6.07) is 0. The molecule has 1 rings (SSSR count). The van der Waals surface area contributed by atoms with E-state index in [-0.39, 0.29) is 18.1 Å². The van der Waals surface area contributed by atoms with Gasteiger partial charge in [0.15, 0.2) is 0 Å². The maximum atomic E-state index is 11.8. The van der Waals surface area contributed by atoms with Gasteiger partial charge in [-0.15, -0.1) is 0 Å². The molecular weight excluding hydrogens is 190 g/mol. The van der Waals surface area contributed by atoms with E-state index in [1.807, 2.05) is 25.7 Å². The molecule has 3 nitrogen and oxygen atoms in total. The van der Waals surface area contributed by atoms with Gasteiger partial charge in [-0.3, -0.25) is 4.79 Å². The third-order valence-corrected chi connectivity index (χ3v) is 2.84. The van der Waals surface area contributed by atoms with Crippen molar-refractivity contribution in [2.24, 2.45) is 5.92 Å². The Morgan fingerprint density at radius 1 is 1.47 bits per heavy atom. The zero-order chi connectivity index (χ0) is 11.5. The fourth-order valence-electron chi connectivity index (χ4n) is 1.76. The topological polar surface area (TPSA) is 29.5 Å². The first-order chi connectivity index (χ1) is 6.92. The van der Waals surface area contributed by atoms with Crippen LogP contribution in [0.1, 0.15) is 40.5 Å². The van der Waals surface area contributed by atoms with E-state index in [9.17, 15) is 4.79 Å². The van der Waals surface area contributed by atoms with Crippen LogP contribution in [0.4, 0.5) is 0 Å². The van der Waals surface area contributed by atoms with E-state index in [4.69, 9.17) is 4.74 Å². The summed E-state index contributed by atoms with van der Waals surface area (Å²) in [5.41, 5.74) is -0.223. The normalized spacial score (nSPS) is 22.1. The van der Waals surface area contributed by atoms with Crippen molar-refractivity contribution in [3.8, 4) is 0 Å². The second kappa shape index (κ2) is 4.97. The molecule has 88 valence electrons. The summed E-state index contributed by atoms with van der Waals surface area (Å²) in [7, 11) is 0. The largest absolute Gasteiger partial charge is 0.366 e. The number of rotatable bonds is 3. The van der Waals surface area contributed by atoms with Crippen LogP contribution in [0.5, 0.6) is 0 Å². The second-order valence-corrected chi connectivity index (χ2v) is 5.30. The van der Waals surface area contributed by atoms with Crippen molar-refractivity contribution in [3.63, 3.8) is 0 Å². The van der Waals surface area contributed by atoms with Crippen molar-refractivity contribution in [2.45, 2.75) is 46.1 Å². The quantitative estimate of drug-likeness (QED) is 0.718. The van der Waals surface area contributed by atoms with Gasteiger partial charge < -0.3 is 9.64 Å². The van der Waals surface area contributed by atoms with Gasteiger partial charge in [0.05, 0.1) is 5.60 Å². The van der Waals surface area contributed by atoms with E-state index in [2.05, 4.69) is 6.92 Å². The van der Waals surface area contributed by atoms with Gasteiger partial charge >= 0.3 is 0 Å². The number of hydrogen-bond donors (Lipinski definition) is 0. The minimum Gasteiger partial charge on any atom is -0.366 e. The molecule has 0 aliphatic carbocycles. The molecule has 0 spiro atoms. The second-order valence-electron chi connectivity index (χ2n) is 5.30. The molecule has 1 amide bonds. The zero-order valence-corrected chi connectivity index (χ0v) is 10.4. The summed E-state index contributed by atoms with van der Waals surface area (Å²) < 4.78 is 5.48. The highest BCUT2D eigenvalue weighted by molar-refractivity contribution is 5.77. The average Bonchev–Trinajstić information content (AvgIpc) is 2.61. The summed E-state index contributed by atoms with van der Waals surface area (Å²) in [6.45, 7) is 10.1. The van der Waals surface area contributed by atoms with Crippen molar-refractivity contribution in [3.05, 3.63) is 0 Å². The summed E-state index contributed by atoms with van der Waals surface area (Å²) in [6.07, 6.45) is 2.32. The average molecular weight is 213 g/mol. The molecule has 0 aromatic heterocycles. The molecule has 0 bridgehead atoms. The summed E-state index contributed by atoms with van der Waals surface area (Å²) in [5.74, 6) is 0.837. The van der Waals surface area contributed by atoms with Crippen LogP contribution >= 0.6 is 0 Å². The molecule has 3 heteroatoms. The number of carbonyl (C=O) groups is 1. The Hall–Kier alpha value is -0.570. The molecule has 0 aromatic rings. The SMILES string of the molecule is CCC1CCN(C(=O)COC(C)(C)C)C1. The third-order valence-electron chi connectivity index (χ3n) is 2.84. The van der Waals surface area contributed by atoms with E-state index >= 15 is 0 Å². The minimum absolute atomic E-state index is 0.140. The maximum absolute atomic E-state index is 11.8. The highest BCUT2D eigenvalue weighted by atomic mass is 16.5. The van der Waals surface area contributed by atoms with Gasteiger partial charge in [0.25, 0.3) is 0 Å². The van der Waals surface area contributed by atoms with Crippen LogP contribution in [-0.2, 0) is 9.53 Å². The van der Waals surface area contributed by atoms with Gasteiger partial charge in [-0.2, -0.15) is 0 Å². The molecular formula is C12H23NO2. The lowest BCUT2D eigenvalue weighted by Crippen LogP contribution is -2.35. The van der Waals surface area contributed by atoms with Gasteiger partial charge in [0.2, 0.25) is 5.91 Å². The van der Waals surface area contributed by atoms with Crippen molar-refractivity contribution in [1.82, 2.24) is 4.90 Å². The summed E-state index contributed by atoms with van der Waals surface area (Å²) in [4.78, 5) is 13.7. The molecule has 1 atom stereocenters. The molecule has 1 heterocycles. The lowest BCUT2D eigenvalue weighted by Gasteiger charge is -2.22. The molecule has 1 saturated heterocycles. The fraction of sp³-hybridized carbons (Fsp3) is 0.917. The Morgan fingerprint density at radius 3 is 2.60 bits per heavy atom. The van der Waals surface area contributed by atoms with Crippen molar-refractivity contribution < 1.29 is 9.53 Å². The first-order valence-electron chi connectivity index (χ1n) is 5.84. The number of ether oxygens (including phenoxy) is 1. The summed E-state index contributed by atoms with van der Waals surface area (Å²) in [5, 5.41) is 0. The lowest BCUT2D eigenvalue weighted by molar-refractivity contribution is -0.140. The zero-order valence-electron chi connectivity index (χ0n) is 10.4. The van der Waals surface area contributed by atoms with Crippen LogP contribution in [0.3, 0.4) is 0 Å². The first kappa shape index (κ1) is 12.5. The predicted molar refractivity (Wildman–Crippen MR) is 60.7 cm³/mol. The monoisotopic (exact) mass is 213 g/mol. The molecule has 0 aromatic carbocycles. The highest BCUT2D eigenvalue weighted by Gasteiger charge is 2.25. The van der Waals surface area contributed by atoms with Crippen LogP contribution in [-0.4, -0.2) is 36.1 Å². The van der Waals surface area contributed by atoms with Gasteiger partial charge in [0, 0.05) is 13.1 Å². The van der Waals surface area contributed by atoms with Gasteiger partial charge in [0.1, 0.15) is 6.61 Å². The summed E-state index contributed by atoms with van der Waals surface area (Å²) >= 11 is 0. The van der Waals surface area contributed by atoms with Gasteiger partial charge in [-0.25, -0.2) is 0 Å². The Kier molecular flexibility index (Phi) is 4.14. The van der Waals surface area contributed by atoms with E-state index in [0.717, 1.165) is 19.5 Å². The Labute approximate surface area is 92.8 Å². The molecule has 0 radical (unpaired) electrons. The van der Waals surface area contributed by atoms with Crippen LogP contribution in [0, 0.1) is 5.92 Å². The van der Waals surface area contributed by atoms with E-state index in [1.54, 1.807) is 0 Å². The fourth-order valence-corrected chi connectivity index (χ4v) is 1.76. The van der Waals surface area contributed by atoms with Crippen molar-refractivity contribution >= 4 is 5.91 Å². The lowest BCUT2D eigenvalue weighted by atomic mass is 10.1. The van der Waals surface area contributed by atoms with E-state index in [0.29, 0.717) is 5.92 Å². The van der Waals surface area contributed by atoms with Gasteiger partial charge in [-0.1, -0.05) is 13.3 Å². The Balaban J connectivity index is 2.30. The van der Waals surface area contributed by atoms with Crippen LogP contribution in [0.2, 0.25) is 0 Å². The molecule has 1 aliphatic heterocycles. The molecule has 1 unspecified atom stereocenters. The Morgan fingerprint density at radius 2 is 2.13 bits per heavy atom. The molecule has 0 saturated carbocycles. The standard InChI is InChI=1S/C12H23NO2/c1-5-10-6-7-13(8-10)11(14)9-15-12(2,3)4/h10H,5-9H2,1-4H3. The predicted octanol–water partition coefficient (Wildman–Crippen LogP) is 2.06. The van der Waals surface area contributed by atoms with E-state index in [1.165, 1.54) is 6.42 Å². The van der Waals surface area contributed by atoms with Gasteiger partial charge in [-0.05, 0) is 33.1 Å². The number of likely N-dealkylation sites (tertiary alicyclic amines) is 1. The molecule has 0 N–H and O–H groups in total. The van der Waals surface area contributed by atoms with Crippen molar-refractivity contribution in [1.29, 1.82) is 0 Å². The van der Waals surface area contributed by atoms with Crippen LogP contribution in [0.25, 0.3) is 0 Å². The van der Waals surface area contributed by atoms with Crippen molar-refractivity contribution in [2.75, 3.05) is 19.7 Å². The number of nitrogens with zero attached hydrogens (tertiary/aromatic N) is 1. The Bertz CT molecular complexity index is 220. The minimum atomic E-state index is -0.223. The number of amides is 1. The smallest absolute Gasteiger partial charge is 0.248 e. The molecule has 1 fully saturated rings. The number of hydrogen-bond acceptors (Lipinski definition) is 2. The first-order valence-corrected chi connectivity index (χ1v) is 5.84. The van der Waals surface area contributed by atoms with Crippen LogP contribution in [0.15, 0.2) is 0 Å². The molecule has 15 heavy (non-hydrogen) atoms. The molecule has 1 aliphatic rings. The van der Waals surface area contributed by atoms with Crippen LogP contribution < -0.4 is 0 Å². The van der Waals surface area contributed by atoms with E-state index < -0.39 is 0 Å². The number of carbonyl (C=O) groups excluding carboxylic acids is 1. The third kappa shape index (κ3) is 4.20.